The number of anilines is 1. The number of hydrogen-bond donors (Lipinski definition) is 1. The predicted octanol–water partition coefficient (Wildman–Crippen LogP) is 1.74. The summed E-state index contributed by atoms with van der Waals surface area (Å²) in [6.07, 6.45) is 0.768. The number of ether oxygens (including phenoxy) is 2. The van der Waals surface area contributed by atoms with Crippen molar-refractivity contribution in [1.29, 1.82) is 0 Å². The number of carbonyl (C=O) groups excluding carboxylic acids is 2. The van der Waals surface area contributed by atoms with Crippen LogP contribution in [-0.2, 0) is 14.3 Å². The molecule has 8 nitrogen and oxygen atoms in total. The van der Waals surface area contributed by atoms with Gasteiger partial charge in [-0.1, -0.05) is 6.92 Å². The summed E-state index contributed by atoms with van der Waals surface area (Å²) in [6.45, 7) is 1.46. The first kappa shape index (κ1) is 15.7. The number of methoxy groups -OCH3 is 1. The number of hydrogen-bond acceptors (Lipinski definition) is 6. The van der Waals surface area contributed by atoms with Gasteiger partial charge < -0.3 is 14.8 Å². The van der Waals surface area contributed by atoms with Crippen LogP contribution < -0.4 is 10.1 Å². The van der Waals surface area contributed by atoms with Crippen molar-refractivity contribution < 1.29 is 24.0 Å². The zero-order chi connectivity index (χ0) is 16.3. The second-order valence-electron chi connectivity index (χ2n) is 5.12. The molecule has 8 heteroatoms. The third kappa shape index (κ3) is 3.72. The Hall–Kier alpha value is -2.64. The molecule has 2 atom stereocenters. The molecule has 118 valence electrons. The van der Waals surface area contributed by atoms with Crippen LogP contribution in [0.5, 0.6) is 5.75 Å². The standard InChI is InChI=1S/C14H16N2O6/c1-8-5-10(8)14(18)22-7-13(17)15-11-4-3-9(21-2)6-12(11)16(19)20/h3-4,6,8,10H,5,7H2,1-2H3,(H,15,17). The first-order valence-corrected chi connectivity index (χ1v) is 6.71. The topological polar surface area (TPSA) is 108 Å². The first-order valence-electron chi connectivity index (χ1n) is 6.71. The molecule has 0 bridgehead atoms. The molecular weight excluding hydrogens is 292 g/mol. The smallest absolute Gasteiger partial charge is 0.309 e. The Morgan fingerprint density at radius 3 is 2.68 bits per heavy atom. The van der Waals surface area contributed by atoms with Gasteiger partial charge in [0.1, 0.15) is 11.4 Å². The summed E-state index contributed by atoms with van der Waals surface area (Å²) in [7, 11) is 1.38. The summed E-state index contributed by atoms with van der Waals surface area (Å²) in [6, 6.07) is 4.05. The van der Waals surface area contributed by atoms with Crippen molar-refractivity contribution in [2.75, 3.05) is 19.0 Å². The van der Waals surface area contributed by atoms with Crippen molar-refractivity contribution in [3.63, 3.8) is 0 Å². The highest BCUT2D eigenvalue weighted by molar-refractivity contribution is 5.95. The molecule has 1 amide bonds. The van der Waals surface area contributed by atoms with Crippen molar-refractivity contribution in [1.82, 2.24) is 0 Å². The summed E-state index contributed by atoms with van der Waals surface area (Å²) in [5, 5.41) is 13.3. The Morgan fingerprint density at radius 1 is 1.45 bits per heavy atom. The number of nitro groups is 1. The molecule has 1 aliphatic rings. The maximum Gasteiger partial charge on any atom is 0.309 e. The fourth-order valence-electron chi connectivity index (χ4n) is 1.98. The van der Waals surface area contributed by atoms with Gasteiger partial charge in [0, 0.05) is 0 Å². The molecule has 0 aromatic heterocycles. The van der Waals surface area contributed by atoms with Crippen molar-refractivity contribution >= 4 is 23.3 Å². The summed E-state index contributed by atoms with van der Waals surface area (Å²) in [5.74, 6) is -0.581. The molecule has 1 N–H and O–H groups in total. The fourth-order valence-corrected chi connectivity index (χ4v) is 1.98. The SMILES string of the molecule is COc1ccc(NC(=O)COC(=O)C2CC2C)c([N+](=O)[O-])c1. The number of nitrogens with zero attached hydrogens (tertiary/aromatic N) is 1. The summed E-state index contributed by atoms with van der Waals surface area (Å²) in [4.78, 5) is 33.6. The second kappa shape index (κ2) is 6.42. The molecular formula is C14H16N2O6. The minimum absolute atomic E-state index is 0.0200. The van der Waals surface area contributed by atoms with E-state index < -0.39 is 23.4 Å². The van der Waals surface area contributed by atoms with Crippen LogP contribution in [0.15, 0.2) is 18.2 Å². The predicted molar refractivity (Wildman–Crippen MR) is 76.5 cm³/mol. The van der Waals surface area contributed by atoms with E-state index in [9.17, 15) is 19.7 Å². The van der Waals surface area contributed by atoms with Crippen LogP contribution in [-0.4, -0.2) is 30.5 Å². The fraction of sp³-hybridized carbons (Fsp3) is 0.429. The molecule has 1 aliphatic carbocycles. The number of nitrogens with one attached hydrogen (secondary N) is 1. The Labute approximate surface area is 126 Å². The maximum absolute atomic E-state index is 11.7. The molecule has 1 fully saturated rings. The molecule has 22 heavy (non-hydrogen) atoms. The van der Waals surface area contributed by atoms with Crippen LogP contribution >= 0.6 is 0 Å². The van der Waals surface area contributed by atoms with Crippen LogP contribution in [0.3, 0.4) is 0 Å². The molecule has 0 radical (unpaired) electrons. The second-order valence-corrected chi connectivity index (χ2v) is 5.12. The van der Waals surface area contributed by atoms with E-state index in [1.807, 2.05) is 6.92 Å². The van der Waals surface area contributed by atoms with Gasteiger partial charge in [0.2, 0.25) is 0 Å². The van der Waals surface area contributed by atoms with Crippen molar-refractivity contribution in [2.24, 2.45) is 11.8 Å². The monoisotopic (exact) mass is 308 g/mol. The molecule has 2 unspecified atom stereocenters. The van der Waals surface area contributed by atoms with Crippen LogP contribution in [0.4, 0.5) is 11.4 Å². The first-order chi connectivity index (χ1) is 10.4. The lowest BCUT2D eigenvalue weighted by Gasteiger charge is -2.08. The number of benzene rings is 1. The average molecular weight is 308 g/mol. The summed E-state index contributed by atoms with van der Waals surface area (Å²) in [5.41, 5.74) is -0.276. The van der Waals surface area contributed by atoms with E-state index in [0.29, 0.717) is 11.7 Å². The van der Waals surface area contributed by atoms with E-state index in [0.717, 1.165) is 6.42 Å². The van der Waals surface area contributed by atoms with Gasteiger partial charge in [-0.15, -0.1) is 0 Å². The van der Waals surface area contributed by atoms with Crippen LogP contribution in [0, 0.1) is 22.0 Å². The zero-order valence-electron chi connectivity index (χ0n) is 12.2. The Balaban J connectivity index is 1.96. The van der Waals surface area contributed by atoms with Gasteiger partial charge >= 0.3 is 5.97 Å². The highest BCUT2D eigenvalue weighted by Gasteiger charge is 2.40. The highest BCUT2D eigenvalue weighted by Crippen LogP contribution is 2.38. The van der Waals surface area contributed by atoms with Gasteiger partial charge in [0.25, 0.3) is 11.6 Å². The molecule has 1 saturated carbocycles. The Kier molecular flexibility index (Phi) is 4.59. The number of carbonyl (C=O) groups is 2. The largest absolute Gasteiger partial charge is 0.496 e. The van der Waals surface area contributed by atoms with Gasteiger partial charge in [-0.3, -0.25) is 19.7 Å². The minimum Gasteiger partial charge on any atom is -0.496 e. The van der Waals surface area contributed by atoms with E-state index >= 15 is 0 Å². The molecule has 2 rings (SSSR count). The van der Waals surface area contributed by atoms with Gasteiger partial charge in [-0.05, 0) is 24.5 Å². The van der Waals surface area contributed by atoms with Gasteiger partial charge in [-0.2, -0.15) is 0 Å². The maximum atomic E-state index is 11.7. The van der Waals surface area contributed by atoms with Crippen molar-refractivity contribution in [2.45, 2.75) is 13.3 Å². The Morgan fingerprint density at radius 2 is 2.14 bits per heavy atom. The summed E-state index contributed by atoms with van der Waals surface area (Å²) < 4.78 is 9.77. The lowest BCUT2D eigenvalue weighted by atomic mass is 10.2. The number of rotatable bonds is 6. The third-order valence-corrected chi connectivity index (χ3v) is 3.43. The van der Waals surface area contributed by atoms with Gasteiger partial charge in [0.05, 0.1) is 24.0 Å². The number of nitro benzene ring substituents is 1. The lowest BCUT2D eigenvalue weighted by molar-refractivity contribution is -0.384. The molecule has 0 heterocycles. The van der Waals surface area contributed by atoms with Gasteiger partial charge in [0.15, 0.2) is 6.61 Å². The molecule has 1 aromatic rings. The third-order valence-electron chi connectivity index (χ3n) is 3.43. The molecule has 1 aromatic carbocycles. The number of esters is 1. The van der Waals surface area contributed by atoms with E-state index in [4.69, 9.17) is 9.47 Å². The minimum atomic E-state index is -0.630. The van der Waals surface area contributed by atoms with Crippen LogP contribution in [0.25, 0.3) is 0 Å². The normalized spacial score (nSPS) is 19.2. The Bertz CT molecular complexity index is 615. The molecule has 0 aliphatic heterocycles. The van der Waals surface area contributed by atoms with E-state index in [-0.39, 0.29) is 17.3 Å². The van der Waals surface area contributed by atoms with E-state index in [1.165, 1.54) is 25.3 Å². The van der Waals surface area contributed by atoms with E-state index in [2.05, 4.69) is 5.32 Å². The molecule has 0 spiro atoms. The quantitative estimate of drug-likeness (QED) is 0.487. The number of amides is 1. The zero-order valence-corrected chi connectivity index (χ0v) is 12.2. The van der Waals surface area contributed by atoms with Crippen molar-refractivity contribution in [3.05, 3.63) is 28.3 Å². The molecule has 0 saturated heterocycles. The lowest BCUT2D eigenvalue weighted by Crippen LogP contribution is -2.22. The summed E-state index contributed by atoms with van der Waals surface area (Å²) >= 11 is 0. The van der Waals surface area contributed by atoms with E-state index in [1.54, 1.807) is 0 Å². The van der Waals surface area contributed by atoms with Crippen molar-refractivity contribution in [3.8, 4) is 5.75 Å². The highest BCUT2D eigenvalue weighted by atomic mass is 16.6. The van der Waals surface area contributed by atoms with Crippen LogP contribution in [0.1, 0.15) is 13.3 Å². The van der Waals surface area contributed by atoms with Gasteiger partial charge in [-0.25, -0.2) is 0 Å². The van der Waals surface area contributed by atoms with Crippen LogP contribution in [0.2, 0.25) is 0 Å². The average Bonchev–Trinajstić information content (AvgIpc) is 3.22.